The molecule has 160 valence electrons. The lowest BCUT2D eigenvalue weighted by molar-refractivity contribution is -0.152. The molecule has 0 spiro atoms. The summed E-state index contributed by atoms with van der Waals surface area (Å²) < 4.78 is 5.52. The molecule has 1 saturated heterocycles. The van der Waals surface area contributed by atoms with Gasteiger partial charge in [0.2, 0.25) is 5.78 Å². The number of fused-ring (bicyclic) bond motifs is 1. The Bertz CT molecular complexity index is 1130. The Morgan fingerprint density at radius 2 is 1.68 bits per heavy atom. The molecule has 2 aromatic carbocycles. The second-order valence-electron chi connectivity index (χ2n) is 8.07. The third kappa shape index (κ3) is 4.24. The van der Waals surface area contributed by atoms with Crippen molar-refractivity contribution in [2.75, 3.05) is 13.1 Å². The van der Waals surface area contributed by atoms with E-state index in [1.807, 2.05) is 55.5 Å². The molecule has 1 fully saturated rings. The first kappa shape index (κ1) is 20.8. The Hall–Kier alpha value is -3.41. The number of ether oxygens (including phenoxy) is 1. The summed E-state index contributed by atoms with van der Waals surface area (Å²) in [5, 5.41) is 0.818. The molecule has 31 heavy (non-hydrogen) atoms. The molecule has 1 N–H and O–H groups in total. The number of carbonyl (C=O) groups is 3. The number of aryl methyl sites for hydroxylation is 1. The Morgan fingerprint density at radius 1 is 1.00 bits per heavy atom. The van der Waals surface area contributed by atoms with Crippen LogP contribution in [0.25, 0.3) is 10.9 Å². The number of carbonyl (C=O) groups excluding carboxylic acids is 3. The van der Waals surface area contributed by atoms with Gasteiger partial charge in [0, 0.05) is 41.3 Å². The molecule has 1 aromatic heterocycles. The minimum absolute atomic E-state index is 0.00667. The van der Waals surface area contributed by atoms with Crippen LogP contribution in [0.4, 0.5) is 0 Å². The maximum Gasteiger partial charge on any atom is 0.309 e. The SMILES string of the molecule is Cc1ccccc1C(=O)N1CCC(C(=O)O[C@@H](C)C(=O)c2c[nH]c3ccccc23)CC1. The first-order valence-electron chi connectivity index (χ1n) is 10.6. The van der Waals surface area contributed by atoms with Crippen molar-refractivity contribution in [2.45, 2.75) is 32.8 Å². The number of rotatable bonds is 5. The van der Waals surface area contributed by atoms with Gasteiger partial charge in [0.15, 0.2) is 6.10 Å². The Balaban J connectivity index is 1.34. The molecule has 1 atom stereocenters. The number of nitrogens with zero attached hydrogens (tertiary/aromatic N) is 1. The van der Waals surface area contributed by atoms with Gasteiger partial charge in [0.25, 0.3) is 5.91 Å². The zero-order chi connectivity index (χ0) is 22.0. The van der Waals surface area contributed by atoms with Crippen molar-refractivity contribution in [3.8, 4) is 0 Å². The van der Waals surface area contributed by atoms with Crippen molar-refractivity contribution in [3.05, 3.63) is 71.4 Å². The highest BCUT2D eigenvalue weighted by Gasteiger charge is 2.31. The van der Waals surface area contributed by atoms with Gasteiger partial charge in [-0.15, -0.1) is 0 Å². The van der Waals surface area contributed by atoms with Crippen LogP contribution >= 0.6 is 0 Å². The molecule has 0 radical (unpaired) electrons. The lowest BCUT2D eigenvalue weighted by Crippen LogP contribution is -2.41. The Kier molecular flexibility index (Phi) is 5.89. The number of aromatic nitrogens is 1. The second-order valence-corrected chi connectivity index (χ2v) is 8.07. The lowest BCUT2D eigenvalue weighted by atomic mass is 9.96. The normalized spacial score (nSPS) is 15.6. The number of benzene rings is 2. The first-order chi connectivity index (χ1) is 15.0. The number of piperidine rings is 1. The van der Waals surface area contributed by atoms with Gasteiger partial charge in [0.05, 0.1) is 5.92 Å². The molecule has 4 rings (SSSR count). The summed E-state index contributed by atoms with van der Waals surface area (Å²) in [7, 11) is 0. The number of nitrogens with one attached hydrogen (secondary N) is 1. The topological polar surface area (TPSA) is 79.5 Å². The largest absolute Gasteiger partial charge is 0.454 e. The van der Waals surface area contributed by atoms with Gasteiger partial charge in [-0.1, -0.05) is 36.4 Å². The number of Topliss-reactive ketones (excluding diaryl/α,β-unsaturated/α-hetero) is 1. The molecule has 0 aliphatic carbocycles. The molecule has 1 aliphatic rings. The number of para-hydroxylation sites is 1. The van der Waals surface area contributed by atoms with E-state index in [-0.39, 0.29) is 23.6 Å². The van der Waals surface area contributed by atoms with E-state index in [1.54, 1.807) is 18.0 Å². The Labute approximate surface area is 181 Å². The van der Waals surface area contributed by atoms with Crippen LogP contribution in [0.3, 0.4) is 0 Å². The molecular formula is C25H26N2O4. The molecule has 6 nitrogen and oxygen atoms in total. The number of ketones is 1. The monoisotopic (exact) mass is 418 g/mol. The van der Waals surface area contributed by atoms with Gasteiger partial charge < -0.3 is 14.6 Å². The number of hydrogen-bond donors (Lipinski definition) is 1. The number of H-pyrrole nitrogens is 1. The van der Waals surface area contributed by atoms with E-state index in [4.69, 9.17) is 4.74 Å². The molecule has 0 bridgehead atoms. The highest BCUT2D eigenvalue weighted by Crippen LogP contribution is 2.24. The molecule has 3 aromatic rings. The van der Waals surface area contributed by atoms with Gasteiger partial charge in [-0.05, 0) is 44.4 Å². The molecule has 1 amide bonds. The van der Waals surface area contributed by atoms with E-state index in [1.165, 1.54) is 0 Å². The van der Waals surface area contributed by atoms with Crippen LogP contribution < -0.4 is 0 Å². The Morgan fingerprint density at radius 3 is 2.42 bits per heavy atom. The summed E-state index contributed by atoms with van der Waals surface area (Å²) in [6.07, 6.45) is 1.86. The summed E-state index contributed by atoms with van der Waals surface area (Å²) >= 11 is 0. The van der Waals surface area contributed by atoms with Crippen molar-refractivity contribution in [2.24, 2.45) is 5.92 Å². The minimum atomic E-state index is -0.863. The maximum absolute atomic E-state index is 12.8. The smallest absolute Gasteiger partial charge is 0.309 e. The van der Waals surface area contributed by atoms with Crippen molar-refractivity contribution in [3.63, 3.8) is 0 Å². The van der Waals surface area contributed by atoms with Crippen LogP contribution in [0, 0.1) is 12.8 Å². The van der Waals surface area contributed by atoms with Crippen molar-refractivity contribution < 1.29 is 19.1 Å². The summed E-state index contributed by atoms with van der Waals surface area (Å²) in [4.78, 5) is 43.1. The molecule has 2 heterocycles. The first-order valence-corrected chi connectivity index (χ1v) is 10.6. The number of amides is 1. The van der Waals surface area contributed by atoms with Crippen LogP contribution in [0.5, 0.6) is 0 Å². The standard InChI is InChI=1S/C25H26N2O4/c1-16-7-3-4-8-19(16)24(29)27-13-11-18(12-14-27)25(30)31-17(2)23(28)21-15-26-22-10-6-5-9-20(21)22/h3-10,15,17-18,26H,11-14H2,1-2H3/t17-/m0/s1. The minimum Gasteiger partial charge on any atom is -0.454 e. The molecule has 1 aliphatic heterocycles. The second kappa shape index (κ2) is 8.76. The molecule has 0 unspecified atom stereocenters. The fourth-order valence-corrected chi connectivity index (χ4v) is 4.12. The van der Waals surface area contributed by atoms with E-state index < -0.39 is 6.10 Å². The third-order valence-corrected chi connectivity index (χ3v) is 6.01. The van der Waals surface area contributed by atoms with E-state index in [0.717, 1.165) is 16.5 Å². The van der Waals surface area contributed by atoms with E-state index >= 15 is 0 Å². The highest BCUT2D eigenvalue weighted by molar-refractivity contribution is 6.10. The fourth-order valence-electron chi connectivity index (χ4n) is 4.12. The van der Waals surface area contributed by atoms with Crippen molar-refractivity contribution >= 4 is 28.6 Å². The van der Waals surface area contributed by atoms with Crippen LogP contribution in [0.2, 0.25) is 0 Å². The van der Waals surface area contributed by atoms with E-state index in [9.17, 15) is 14.4 Å². The maximum atomic E-state index is 12.8. The number of hydrogen-bond acceptors (Lipinski definition) is 4. The molecular weight excluding hydrogens is 392 g/mol. The van der Waals surface area contributed by atoms with Crippen LogP contribution in [-0.4, -0.2) is 46.7 Å². The molecule has 6 heteroatoms. The predicted molar refractivity (Wildman–Crippen MR) is 118 cm³/mol. The predicted octanol–water partition coefficient (Wildman–Crippen LogP) is 4.14. The summed E-state index contributed by atoms with van der Waals surface area (Å²) in [5.74, 6) is -0.909. The van der Waals surface area contributed by atoms with E-state index in [2.05, 4.69) is 4.98 Å². The zero-order valence-electron chi connectivity index (χ0n) is 17.8. The summed E-state index contributed by atoms with van der Waals surface area (Å²) in [5.41, 5.74) is 3.03. The van der Waals surface area contributed by atoms with Crippen molar-refractivity contribution in [1.29, 1.82) is 0 Å². The van der Waals surface area contributed by atoms with Crippen LogP contribution in [0.15, 0.2) is 54.7 Å². The molecule has 0 saturated carbocycles. The van der Waals surface area contributed by atoms with Crippen LogP contribution in [0.1, 0.15) is 46.0 Å². The summed E-state index contributed by atoms with van der Waals surface area (Å²) in [6.45, 7) is 4.53. The highest BCUT2D eigenvalue weighted by atomic mass is 16.5. The van der Waals surface area contributed by atoms with Crippen LogP contribution in [-0.2, 0) is 9.53 Å². The average molecular weight is 418 g/mol. The number of likely N-dealkylation sites (tertiary alicyclic amines) is 1. The van der Waals surface area contributed by atoms with Gasteiger partial charge in [0.1, 0.15) is 0 Å². The van der Waals surface area contributed by atoms with Gasteiger partial charge in [-0.2, -0.15) is 0 Å². The van der Waals surface area contributed by atoms with Crippen molar-refractivity contribution in [1.82, 2.24) is 9.88 Å². The third-order valence-electron chi connectivity index (χ3n) is 6.01. The van der Waals surface area contributed by atoms with Gasteiger partial charge in [-0.3, -0.25) is 14.4 Å². The fraction of sp³-hybridized carbons (Fsp3) is 0.320. The van der Waals surface area contributed by atoms with Gasteiger partial charge >= 0.3 is 5.97 Å². The average Bonchev–Trinajstić information content (AvgIpc) is 3.22. The summed E-state index contributed by atoms with van der Waals surface area (Å²) in [6, 6.07) is 15.1. The lowest BCUT2D eigenvalue weighted by Gasteiger charge is -2.31. The zero-order valence-corrected chi connectivity index (χ0v) is 17.8. The number of aromatic amines is 1. The van der Waals surface area contributed by atoms with Gasteiger partial charge in [-0.25, -0.2) is 0 Å². The number of esters is 1. The quantitative estimate of drug-likeness (QED) is 0.499. The van der Waals surface area contributed by atoms with E-state index in [0.29, 0.717) is 37.1 Å².